The summed E-state index contributed by atoms with van der Waals surface area (Å²) in [6.07, 6.45) is 0. The van der Waals surface area contributed by atoms with Crippen LogP contribution in [0.5, 0.6) is 0 Å². The van der Waals surface area contributed by atoms with Crippen LogP contribution in [0.4, 0.5) is 5.69 Å². The van der Waals surface area contributed by atoms with E-state index in [0.717, 1.165) is 16.5 Å². The summed E-state index contributed by atoms with van der Waals surface area (Å²) >= 11 is 2.40. The minimum Gasteiger partial charge on any atom is -0.289 e. The number of nitro groups is 1. The molecule has 4 rings (SSSR count). The fraction of sp³-hybridized carbons (Fsp3) is 0. The standard InChI is InChI=1S/C20H11NO4S2/c22-18-14-4-1-2-7-17(14)27-19-15(18)5-3-6-16(19)20(23)26-13-10-8-12(9-11-13)21(24)25/h1-11H. The first-order valence-electron chi connectivity index (χ1n) is 7.96. The number of thioether (sulfide) groups is 1. The number of nitrogens with zero attached hydrogens (tertiary/aromatic N) is 1. The molecule has 0 aliphatic rings. The second kappa shape index (κ2) is 6.94. The van der Waals surface area contributed by atoms with Gasteiger partial charge in [-0.25, -0.2) is 0 Å². The Morgan fingerprint density at radius 3 is 2.37 bits per heavy atom. The Morgan fingerprint density at radius 2 is 1.63 bits per heavy atom. The van der Waals surface area contributed by atoms with Gasteiger partial charge in [-0.05, 0) is 48.2 Å². The zero-order chi connectivity index (χ0) is 19.0. The van der Waals surface area contributed by atoms with Crippen LogP contribution in [-0.4, -0.2) is 10.0 Å². The van der Waals surface area contributed by atoms with E-state index in [2.05, 4.69) is 0 Å². The van der Waals surface area contributed by atoms with Gasteiger partial charge in [0.15, 0.2) is 5.43 Å². The maximum Gasteiger partial charge on any atom is 0.269 e. The molecule has 0 spiro atoms. The number of hydrogen-bond acceptors (Lipinski definition) is 6. The molecule has 0 fully saturated rings. The predicted molar refractivity (Wildman–Crippen MR) is 109 cm³/mol. The van der Waals surface area contributed by atoms with E-state index in [4.69, 9.17) is 0 Å². The topological polar surface area (TPSA) is 77.3 Å². The van der Waals surface area contributed by atoms with E-state index in [1.54, 1.807) is 36.4 Å². The summed E-state index contributed by atoms with van der Waals surface area (Å²) in [6, 6.07) is 18.3. The van der Waals surface area contributed by atoms with Crippen molar-refractivity contribution in [1.29, 1.82) is 0 Å². The zero-order valence-electron chi connectivity index (χ0n) is 13.7. The number of rotatable bonds is 3. The molecule has 1 heterocycles. The second-order valence-electron chi connectivity index (χ2n) is 5.75. The van der Waals surface area contributed by atoms with Crippen molar-refractivity contribution in [2.75, 3.05) is 0 Å². The van der Waals surface area contributed by atoms with Gasteiger partial charge in [-0.2, -0.15) is 0 Å². The predicted octanol–water partition coefficient (Wildman–Crippen LogP) is 5.26. The first kappa shape index (κ1) is 17.4. The monoisotopic (exact) mass is 393 g/mol. The van der Waals surface area contributed by atoms with E-state index in [1.165, 1.54) is 23.5 Å². The second-order valence-corrected chi connectivity index (χ2v) is 7.85. The number of carbonyl (C=O) groups is 1. The molecule has 0 amide bonds. The molecule has 3 aromatic carbocycles. The molecule has 0 unspecified atom stereocenters. The van der Waals surface area contributed by atoms with Crippen LogP contribution in [0.15, 0.2) is 76.4 Å². The van der Waals surface area contributed by atoms with Crippen molar-refractivity contribution in [3.63, 3.8) is 0 Å². The van der Waals surface area contributed by atoms with Crippen molar-refractivity contribution < 1.29 is 9.72 Å². The largest absolute Gasteiger partial charge is 0.289 e. The summed E-state index contributed by atoms with van der Waals surface area (Å²) in [7, 11) is 0. The van der Waals surface area contributed by atoms with E-state index >= 15 is 0 Å². The maximum absolute atomic E-state index is 12.8. The highest BCUT2D eigenvalue weighted by atomic mass is 32.2. The molecule has 132 valence electrons. The fourth-order valence-corrected chi connectivity index (χ4v) is 4.79. The molecular weight excluding hydrogens is 382 g/mol. The van der Waals surface area contributed by atoms with E-state index in [0.29, 0.717) is 25.9 Å². The highest BCUT2D eigenvalue weighted by molar-refractivity contribution is 8.14. The first-order chi connectivity index (χ1) is 13.0. The molecular formula is C20H11NO4S2. The quantitative estimate of drug-likeness (QED) is 0.205. The van der Waals surface area contributed by atoms with Gasteiger partial charge in [0.1, 0.15) is 0 Å². The number of benzene rings is 3. The van der Waals surface area contributed by atoms with Crippen LogP contribution in [0.1, 0.15) is 10.4 Å². The Labute approximate surface area is 161 Å². The fourth-order valence-electron chi connectivity index (χ4n) is 2.78. The Kier molecular flexibility index (Phi) is 4.47. The Hall–Kier alpha value is -3.03. The Morgan fingerprint density at radius 1 is 0.926 bits per heavy atom. The number of hydrogen-bond donors (Lipinski definition) is 0. The Balaban J connectivity index is 1.77. The van der Waals surface area contributed by atoms with Crippen molar-refractivity contribution in [3.05, 3.63) is 92.6 Å². The molecule has 7 heteroatoms. The van der Waals surface area contributed by atoms with Crippen molar-refractivity contribution in [1.82, 2.24) is 0 Å². The molecule has 27 heavy (non-hydrogen) atoms. The molecule has 0 aliphatic carbocycles. The highest BCUT2D eigenvalue weighted by Crippen LogP contribution is 2.32. The van der Waals surface area contributed by atoms with Crippen LogP contribution in [0.25, 0.3) is 20.2 Å². The van der Waals surface area contributed by atoms with Gasteiger partial charge in [-0.15, -0.1) is 11.3 Å². The molecule has 0 atom stereocenters. The SMILES string of the molecule is O=C(Sc1ccc([N+](=O)[O-])cc1)c1cccc2c(=O)c3ccccc3sc12. The number of nitro benzene ring substituents is 1. The summed E-state index contributed by atoms with van der Waals surface area (Å²) in [5.74, 6) is 0. The van der Waals surface area contributed by atoms with Crippen LogP contribution in [-0.2, 0) is 0 Å². The molecule has 0 N–H and O–H groups in total. The summed E-state index contributed by atoms with van der Waals surface area (Å²) in [6.45, 7) is 0. The summed E-state index contributed by atoms with van der Waals surface area (Å²) < 4.78 is 1.48. The third-order valence-electron chi connectivity index (χ3n) is 4.08. The average Bonchev–Trinajstić information content (AvgIpc) is 2.68. The van der Waals surface area contributed by atoms with E-state index in [-0.39, 0.29) is 16.2 Å². The zero-order valence-corrected chi connectivity index (χ0v) is 15.4. The van der Waals surface area contributed by atoms with Gasteiger partial charge in [0.05, 0.1) is 9.62 Å². The van der Waals surface area contributed by atoms with Gasteiger partial charge in [-0.1, -0.05) is 18.2 Å². The van der Waals surface area contributed by atoms with E-state index in [9.17, 15) is 19.7 Å². The van der Waals surface area contributed by atoms with Crippen LogP contribution in [0.3, 0.4) is 0 Å². The van der Waals surface area contributed by atoms with E-state index in [1.807, 2.05) is 18.2 Å². The normalized spacial score (nSPS) is 11.0. The molecule has 5 nitrogen and oxygen atoms in total. The molecule has 0 bridgehead atoms. The molecule has 4 aromatic rings. The van der Waals surface area contributed by atoms with Gasteiger partial charge in [0.25, 0.3) is 5.69 Å². The lowest BCUT2D eigenvalue weighted by Crippen LogP contribution is -2.03. The summed E-state index contributed by atoms with van der Waals surface area (Å²) in [4.78, 5) is 36.4. The molecule has 1 aromatic heterocycles. The lowest BCUT2D eigenvalue weighted by Gasteiger charge is -2.06. The van der Waals surface area contributed by atoms with Crippen molar-refractivity contribution in [2.45, 2.75) is 4.90 Å². The van der Waals surface area contributed by atoms with Gasteiger partial charge in [0, 0.05) is 38.1 Å². The third kappa shape index (κ3) is 3.22. The maximum atomic E-state index is 12.8. The lowest BCUT2D eigenvalue weighted by molar-refractivity contribution is -0.384. The average molecular weight is 393 g/mol. The number of non-ortho nitro benzene ring substituents is 1. The molecule has 0 saturated heterocycles. The minimum atomic E-state index is -0.483. The number of carbonyl (C=O) groups excluding carboxylic acids is 1. The minimum absolute atomic E-state index is 0.0263. The Bertz CT molecular complexity index is 1260. The van der Waals surface area contributed by atoms with Gasteiger partial charge < -0.3 is 0 Å². The van der Waals surface area contributed by atoms with Crippen LogP contribution < -0.4 is 5.43 Å². The van der Waals surface area contributed by atoms with E-state index < -0.39 is 4.92 Å². The summed E-state index contributed by atoms with van der Waals surface area (Å²) in [5.41, 5.74) is 0.347. The van der Waals surface area contributed by atoms with Crippen LogP contribution >= 0.6 is 23.1 Å². The lowest BCUT2D eigenvalue weighted by atomic mass is 10.1. The molecule has 0 saturated carbocycles. The van der Waals surface area contributed by atoms with Crippen molar-refractivity contribution >= 4 is 54.1 Å². The highest BCUT2D eigenvalue weighted by Gasteiger charge is 2.16. The van der Waals surface area contributed by atoms with Gasteiger partial charge >= 0.3 is 0 Å². The van der Waals surface area contributed by atoms with Crippen molar-refractivity contribution in [2.24, 2.45) is 0 Å². The molecule has 0 radical (unpaired) electrons. The first-order valence-corrected chi connectivity index (χ1v) is 9.59. The van der Waals surface area contributed by atoms with Gasteiger partial charge in [-0.3, -0.25) is 19.7 Å². The third-order valence-corrected chi connectivity index (χ3v) is 6.21. The van der Waals surface area contributed by atoms with Gasteiger partial charge in [0.2, 0.25) is 5.12 Å². The smallest absolute Gasteiger partial charge is 0.269 e. The summed E-state index contributed by atoms with van der Waals surface area (Å²) in [5, 5.41) is 11.7. The van der Waals surface area contributed by atoms with Crippen LogP contribution in [0.2, 0.25) is 0 Å². The molecule has 0 aliphatic heterocycles. The number of fused-ring (bicyclic) bond motifs is 2. The van der Waals surface area contributed by atoms with Crippen LogP contribution in [0, 0.1) is 10.1 Å². The van der Waals surface area contributed by atoms with Crippen molar-refractivity contribution in [3.8, 4) is 0 Å².